The van der Waals surface area contributed by atoms with Crippen molar-refractivity contribution in [1.82, 2.24) is 19.7 Å². The Morgan fingerprint density at radius 3 is 1.70 bits per heavy atom. The quantitative estimate of drug-likeness (QED) is 0.169. The maximum Gasteiger partial charge on any atom is 0.138 e. The molecule has 0 radical (unpaired) electrons. The van der Waals surface area contributed by atoms with Crippen molar-refractivity contribution in [3.63, 3.8) is 0 Å². The third-order valence-electron chi connectivity index (χ3n) is 8.74. The molecule has 0 amide bonds. The van der Waals surface area contributed by atoms with Gasteiger partial charge in [0.05, 0.1) is 11.2 Å². The fourth-order valence-electron chi connectivity index (χ4n) is 6.57. The summed E-state index contributed by atoms with van der Waals surface area (Å²) in [6.07, 6.45) is 5.75. The van der Waals surface area contributed by atoms with Crippen LogP contribution in [0.2, 0.25) is 0 Å². The smallest absolute Gasteiger partial charge is 0.138 e. The molecule has 0 atom stereocenters. The summed E-state index contributed by atoms with van der Waals surface area (Å²) in [4.78, 5) is 9.30. The van der Waals surface area contributed by atoms with Gasteiger partial charge in [0.25, 0.3) is 0 Å². The number of hydrogen-bond donors (Lipinski definition) is 0. The van der Waals surface area contributed by atoms with E-state index in [1.54, 1.807) is 18.3 Å². The number of hydrogen-bond acceptors (Lipinski definition) is 3. The van der Waals surface area contributed by atoms with Crippen LogP contribution in [-0.4, -0.2) is 19.7 Å². The van der Waals surface area contributed by atoms with Crippen molar-refractivity contribution >= 4 is 10.9 Å². The Morgan fingerprint density at radius 2 is 1.11 bits per heavy atom. The first-order valence-electron chi connectivity index (χ1n) is 15.5. The Balaban J connectivity index is 1.44. The molecule has 3 heterocycles. The van der Waals surface area contributed by atoms with E-state index >= 15 is 0 Å². The molecule has 224 valence electrons. The van der Waals surface area contributed by atoms with Gasteiger partial charge in [0, 0.05) is 40.7 Å². The monoisotopic (exact) mass is 608 g/mol. The summed E-state index contributed by atoms with van der Waals surface area (Å²) >= 11 is 0. The van der Waals surface area contributed by atoms with Gasteiger partial charge in [0.2, 0.25) is 0 Å². The van der Waals surface area contributed by atoms with Gasteiger partial charge < -0.3 is 0 Å². The minimum Gasteiger partial charge on any atom is -0.256 e. The van der Waals surface area contributed by atoms with Gasteiger partial charge in [-0.1, -0.05) is 103 Å². The first-order valence-corrected chi connectivity index (χ1v) is 15.5. The lowest BCUT2D eigenvalue weighted by Crippen LogP contribution is -2.38. The van der Waals surface area contributed by atoms with Gasteiger partial charge in [-0.25, -0.2) is 4.39 Å². The second kappa shape index (κ2) is 12.0. The molecule has 0 bridgehead atoms. The van der Waals surface area contributed by atoms with Crippen LogP contribution in [0.15, 0.2) is 176 Å². The van der Waals surface area contributed by atoms with E-state index in [-0.39, 0.29) is 5.82 Å². The molecule has 8 rings (SSSR count). The van der Waals surface area contributed by atoms with Crippen LogP contribution in [0.5, 0.6) is 0 Å². The maximum absolute atomic E-state index is 14.2. The molecular weight excluding hydrogens is 579 g/mol. The molecule has 0 fully saturated rings. The predicted octanol–water partition coefficient (Wildman–Crippen LogP) is 9.81. The van der Waals surface area contributed by atoms with Gasteiger partial charge in [-0.05, 0) is 76.9 Å². The molecule has 0 spiro atoms. The van der Waals surface area contributed by atoms with Crippen molar-refractivity contribution < 1.29 is 4.39 Å². The van der Waals surface area contributed by atoms with Crippen LogP contribution in [0.3, 0.4) is 0 Å². The third-order valence-corrected chi connectivity index (χ3v) is 8.74. The van der Waals surface area contributed by atoms with Crippen molar-refractivity contribution in [2.45, 2.75) is 5.54 Å². The van der Waals surface area contributed by atoms with E-state index in [0.29, 0.717) is 0 Å². The fraction of sp³-hybridized carbons (Fsp3) is 0.0238. The van der Waals surface area contributed by atoms with Gasteiger partial charge in [0.1, 0.15) is 17.1 Å². The topological polar surface area (TPSA) is 43.6 Å². The zero-order valence-electron chi connectivity index (χ0n) is 25.4. The Hall–Kier alpha value is -6.20. The van der Waals surface area contributed by atoms with Crippen molar-refractivity contribution in [2.24, 2.45) is 0 Å². The highest BCUT2D eigenvalue weighted by molar-refractivity contribution is 5.97. The first kappa shape index (κ1) is 28.3. The average Bonchev–Trinajstić information content (AvgIpc) is 3.59. The fourth-order valence-corrected chi connectivity index (χ4v) is 6.57. The number of aromatic nitrogens is 4. The molecule has 0 saturated heterocycles. The summed E-state index contributed by atoms with van der Waals surface area (Å²) in [5.41, 5.74) is 8.60. The number of pyridine rings is 2. The molecule has 0 aliphatic heterocycles. The van der Waals surface area contributed by atoms with E-state index < -0.39 is 5.54 Å². The Kier molecular flexibility index (Phi) is 7.19. The molecule has 0 N–H and O–H groups in total. The van der Waals surface area contributed by atoms with Crippen LogP contribution in [-0.2, 0) is 5.54 Å². The Labute approximate surface area is 272 Å². The van der Waals surface area contributed by atoms with Gasteiger partial charge >= 0.3 is 0 Å². The molecule has 0 saturated carbocycles. The lowest BCUT2D eigenvalue weighted by Gasteiger charge is -2.36. The summed E-state index contributed by atoms with van der Waals surface area (Å²) < 4.78 is 16.3. The minimum absolute atomic E-state index is 0.293. The largest absolute Gasteiger partial charge is 0.256 e. The van der Waals surface area contributed by atoms with Crippen LogP contribution < -0.4 is 0 Å². The second-order valence-corrected chi connectivity index (χ2v) is 11.5. The highest BCUT2D eigenvalue weighted by Crippen LogP contribution is 2.43. The maximum atomic E-state index is 14.2. The summed E-state index contributed by atoms with van der Waals surface area (Å²) in [5, 5.41) is 6.40. The second-order valence-electron chi connectivity index (χ2n) is 11.5. The number of halogens is 1. The van der Waals surface area contributed by atoms with Gasteiger partial charge in [-0.2, -0.15) is 5.10 Å². The van der Waals surface area contributed by atoms with Crippen LogP contribution in [0, 0.1) is 5.82 Å². The van der Waals surface area contributed by atoms with Crippen molar-refractivity contribution in [1.29, 1.82) is 0 Å². The molecule has 47 heavy (non-hydrogen) atoms. The molecular formula is C42H29FN4. The van der Waals surface area contributed by atoms with Gasteiger partial charge in [-0.15, -0.1) is 0 Å². The van der Waals surface area contributed by atoms with E-state index in [1.165, 1.54) is 12.1 Å². The molecule has 0 aliphatic rings. The molecule has 0 unspecified atom stereocenters. The zero-order valence-corrected chi connectivity index (χ0v) is 25.4. The molecule has 0 aliphatic carbocycles. The van der Waals surface area contributed by atoms with Crippen molar-refractivity contribution in [2.75, 3.05) is 0 Å². The number of nitrogens with zero attached hydrogens (tertiary/aromatic N) is 4. The van der Waals surface area contributed by atoms with Crippen molar-refractivity contribution in [3.05, 3.63) is 199 Å². The molecule has 4 nitrogen and oxygen atoms in total. The summed E-state index contributed by atoms with van der Waals surface area (Å²) in [7, 11) is 0. The van der Waals surface area contributed by atoms with Gasteiger partial charge in [0.15, 0.2) is 0 Å². The standard InChI is InChI=1S/C42H29FN4/c43-35-22-19-30(20-23-35)41-38(31-21-24-40-37(28-31)36(25-27-45-40)39-18-10-11-26-44-39)29-47(46-41)42(32-12-4-1-5-13-32,33-14-6-2-7-15-33)34-16-8-3-9-17-34/h1-29H. The highest BCUT2D eigenvalue weighted by atomic mass is 19.1. The number of fused-ring (bicyclic) bond motifs is 1. The molecule has 3 aromatic heterocycles. The highest BCUT2D eigenvalue weighted by Gasteiger charge is 2.40. The Bertz CT molecular complexity index is 2190. The van der Waals surface area contributed by atoms with E-state index in [1.807, 2.05) is 54.7 Å². The Morgan fingerprint density at radius 1 is 0.511 bits per heavy atom. The molecule has 8 aromatic rings. The summed E-state index contributed by atoms with van der Waals surface area (Å²) in [5.74, 6) is -0.293. The average molecular weight is 609 g/mol. The normalized spacial score (nSPS) is 11.5. The molecule has 5 aromatic carbocycles. The van der Waals surface area contributed by atoms with E-state index in [9.17, 15) is 4.39 Å². The minimum atomic E-state index is -0.811. The van der Waals surface area contributed by atoms with Crippen LogP contribution in [0.25, 0.3) is 44.5 Å². The summed E-state index contributed by atoms with van der Waals surface area (Å²) in [6, 6.07) is 52.2. The lowest BCUT2D eigenvalue weighted by atomic mass is 9.77. The van der Waals surface area contributed by atoms with Crippen LogP contribution >= 0.6 is 0 Å². The molecule has 5 heteroatoms. The van der Waals surface area contributed by atoms with Crippen molar-refractivity contribution in [3.8, 4) is 33.6 Å². The third kappa shape index (κ3) is 4.99. The van der Waals surface area contributed by atoms with E-state index in [0.717, 1.165) is 61.2 Å². The SMILES string of the molecule is Fc1ccc(-c2nn(C(c3ccccc3)(c3ccccc3)c3ccccc3)cc2-c2ccc3nccc(-c4ccccn4)c3c2)cc1. The lowest BCUT2D eigenvalue weighted by molar-refractivity contribution is 0.461. The summed E-state index contributed by atoms with van der Waals surface area (Å²) in [6.45, 7) is 0. The van der Waals surface area contributed by atoms with Gasteiger partial charge in [-0.3, -0.25) is 14.6 Å². The predicted molar refractivity (Wildman–Crippen MR) is 186 cm³/mol. The first-order chi connectivity index (χ1) is 23.2. The number of benzene rings is 5. The van der Waals surface area contributed by atoms with E-state index in [4.69, 9.17) is 5.10 Å². The van der Waals surface area contributed by atoms with E-state index in [2.05, 4.69) is 106 Å². The van der Waals surface area contributed by atoms with Crippen LogP contribution in [0.4, 0.5) is 4.39 Å². The zero-order chi connectivity index (χ0) is 31.6. The van der Waals surface area contributed by atoms with Crippen LogP contribution in [0.1, 0.15) is 16.7 Å². The number of rotatable bonds is 7.